The molecule has 1 amide bonds. The Bertz CT molecular complexity index is 159. The van der Waals surface area contributed by atoms with Gasteiger partial charge in [0.15, 0.2) is 0 Å². The summed E-state index contributed by atoms with van der Waals surface area (Å²) in [6.07, 6.45) is 0.822. The average molecular weight is 193 g/mol. The molecule has 0 fully saturated rings. The molecule has 0 aromatic rings. The van der Waals surface area contributed by atoms with Gasteiger partial charge in [0.2, 0.25) is 0 Å². The minimum Gasteiger partial charge on any atom is -0.448 e. The van der Waals surface area contributed by atoms with Gasteiger partial charge >= 0.3 is 6.09 Å². The van der Waals surface area contributed by atoms with E-state index in [9.17, 15) is 4.79 Å². The molecule has 0 spiro atoms. The van der Waals surface area contributed by atoms with E-state index >= 15 is 0 Å². The first-order chi connectivity index (χ1) is 5.66. The maximum Gasteiger partial charge on any atom is 0.427 e. The number of carbonyl (C=O) groups is 1. The zero-order valence-corrected chi connectivity index (χ0v) is 7.97. The Morgan fingerprint density at radius 2 is 2.42 bits per heavy atom. The summed E-state index contributed by atoms with van der Waals surface area (Å²) in [5, 5.41) is 3.49. The van der Waals surface area contributed by atoms with Crippen LogP contribution in [0.1, 0.15) is 13.8 Å². The number of hydrogen-bond acceptors (Lipinski definition) is 3. The Labute approximate surface area is 76.9 Å². The Hall–Kier alpha value is -0.770. The van der Waals surface area contributed by atoms with Gasteiger partial charge in [0.05, 0.1) is 12.5 Å². The maximum absolute atomic E-state index is 10.7. The highest BCUT2D eigenvalue weighted by Gasteiger charge is 2.00. The van der Waals surface area contributed by atoms with Gasteiger partial charge in [-0.25, -0.2) is 10.2 Å². The molecule has 1 N–H and O–H groups in total. The van der Waals surface area contributed by atoms with Crippen LogP contribution in [-0.2, 0) is 4.74 Å². The monoisotopic (exact) mass is 192 g/mol. The number of hydrogen-bond donors (Lipinski definition) is 1. The fraction of sp³-hybridized carbons (Fsp3) is 0.714. The molecule has 0 aliphatic carbocycles. The van der Waals surface area contributed by atoms with Crippen molar-refractivity contribution in [1.29, 1.82) is 0 Å². The van der Waals surface area contributed by atoms with Crippen molar-refractivity contribution < 1.29 is 9.53 Å². The lowest BCUT2D eigenvalue weighted by Crippen LogP contribution is -2.21. The van der Waals surface area contributed by atoms with Gasteiger partial charge < -0.3 is 4.74 Å². The zero-order valence-electron chi connectivity index (χ0n) is 7.21. The molecule has 0 aromatic carbocycles. The van der Waals surface area contributed by atoms with Gasteiger partial charge in [-0.2, -0.15) is 5.10 Å². The molecule has 0 aliphatic rings. The largest absolute Gasteiger partial charge is 0.448 e. The lowest BCUT2D eigenvalue weighted by atomic mass is 10.2. The van der Waals surface area contributed by atoms with Gasteiger partial charge in [0, 0.05) is 6.21 Å². The van der Waals surface area contributed by atoms with Crippen molar-refractivity contribution in [2.45, 2.75) is 13.8 Å². The first-order valence-electron chi connectivity index (χ1n) is 3.67. The number of halogens is 1. The van der Waals surface area contributed by atoms with E-state index in [4.69, 9.17) is 16.3 Å². The Morgan fingerprint density at radius 3 is 2.92 bits per heavy atom. The first-order valence-corrected chi connectivity index (χ1v) is 4.20. The molecule has 12 heavy (non-hydrogen) atoms. The molecule has 0 saturated heterocycles. The average Bonchev–Trinajstić information content (AvgIpc) is 2.01. The molecule has 0 unspecified atom stereocenters. The van der Waals surface area contributed by atoms with Crippen LogP contribution in [0, 0.1) is 5.92 Å². The van der Waals surface area contributed by atoms with Crippen molar-refractivity contribution in [3.8, 4) is 0 Å². The summed E-state index contributed by atoms with van der Waals surface area (Å²) in [6.45, 7) is 4.30. The summed E-state index contributed by atoms with van der Waals surface area (Å²) in [5.74, 6) is 0.595. The van der Waals surface area contributed by atoms with Crippen molar-refractivity contribution in [3.05, 3.63) is 0 Å². The highest BCUT2D eigenvalue weighted by molar-refractivity contribution is 6.24. The highest BCUT2D eigenvalue weighted by atomic mass is 35.5. The van der Waals surface area contributed by atoms with Crippen molar-refractivity contribution in [2.75, 3.05) is 12.5 Å². The molecule has 0 rings (SSSR count). The fourth-order valence-electron chi connectivity index (χ4n) is 0.407. The summed E-state index contributed by atoms with van der Waals surface area (Å²) in [5.41, 5.74) is 2.16. The standard InChI is InChI=1S/C7H13ClN2O2/c1-6(2)5-12-7(11)10-9-4-3-8/h4,6H,3,5H2,1-2H3,(H,10,11). The molecule has 0 heterocycles. The zero-order chi connectivity index (χ0) is 9.40. The van der Waals surface area contributed by atoms with E-state index in [-0.39, 0.29) is 5.88 Å². The van der Waals surface area contributed by atoms with Gasteiger partial charge in [0.1, 0.15) is 0 Å². The number of amides is 1. The van der Waals surface area contributed by atoms with Gasteiger partial charge in [-0.1, -0.05) is 13.8 Å². The van der Waals surface area contributed by atoms with Crippen LogP contribution in [0.4, 0.5) is 4.79 Å². The van der Waals surface area contributed by atoms with E-state index in [0.717, 1.165) is 0 Å². The van der Waals surface area contributed by atoms with Crippen LogP contribution in [0.2, 0.25) is 0 Å². The smallest absolute Gasteiger partial charge is 0.427 e. The van der Waals surface area contributed by atoms with E-state index in [1.54, 1.807) is 0 Å². The predicted octanol–water partition coefficient (Wildman–Crippen LogP) is 1.59. The van der Waals surface area contributed by atoms with Crippen molar-refractivity contribution in [2.24, 2.45) is 11.0 Å². The van der Waals surface area contributed by atoms with E-state index in [1.807, 2.05) is 13.8 Å². The van der Waals surface area contributed by atoms with E-state index in [0.29, 0.717) is 12.5 Å². The maximum atomic E-state index is 10.7. The van der Waals surface area contributed by atoms with Crippen LogP contribution < -0.4 is 5.43 Å². The molecule has 4 nitrogen and oxygen atoms in total. The van der Waals surface area contributed by atoms with Crippen LogP contribution in [0.3, 0.4) is 0 Å². The summed E-state index contributed by atoms with van der Waals surface area (Å²) in [4.78, 5) is 10.7. The second-order valence-electron chi connectivity index (χ2n) is 2.57. The van der Waals surface area contributed by atoms with Crippen molar-refractivity contribution >= 4 is 23.9 Å². The second-order valence-corrected chi connectivity index (χ2v) is 2.88. The number of rotatable bonds is 4. The summed E-state index contributed by atoms with van der Waals surface area (Å²) < 4.78 is 4.74. The topological polar surface area (TPSA) is 50.7 Å². The molecular formula is C7H13ClN2O2. The molecule has 0 atom stereocenters. The SMILES string of the molecule is CC(C)COC(=O)NN=CCCl. The van der Waals surface area contributed by atoms with Gasteiger partial charge in [-0.05, 0) is 5.92 Å². The van der Waals surface area contributed by atoms with Crippen LogP contribution in [0.15, 0.2) is 5.10 Å². The number of ether oxygens (including phenoxy) is 1. The third kappa shape index (κ3) is 7.34. The van der Waals surface area contributed by atoms with Crippen LogP contribution >= 0.6 is 11.6 Å². The number of nitrogens with one attached hydrogen (secondary N) is 1. The second kappa shape index (κ2) is 6.91. The number of hydrazone groups is 1. The number of carbonyl (C=O) groups excluding carboxylic acids is 1. The van der Waals surface area contributed by atoms with Crippen molar-refractivity contribution in [3.63, 3.8) is 0 Å². The summed E-state index contributed by atoms with van der Waals surface area (Å²) in [7, 11) is 0. The number of nitrogens with zero attached hydrogens (tertiary/aromatic N) is 1. The van der Waals surface area contributed by atoms with E-state index in [2.05, 4.69) is 10.5 Å². The Balaban J connectivity index is 3.40. The summed E-state index contributed by atoms with van der Waals surface area (Å²) in [6, 6.07) is 0. The molecule has 0 radical (unpaired) electrons. The van der Waals surface area contributed by atoms with Gasteiger partial charge in [0.25, 0.3) is 0 Å². The minimum absolute atomic E-state index is 0.268. The normalized spacial score (nSPS) is 10.7. The Kier molecular flexibility index (Phi) is 6.47. The molecule has 5 heteroatoms. The molecular weight excluding hydrogens is 180 g/mol. The third-order valence-corrected chi connectivity index (χ3v) is 1.00. The van der Waals surface area contributed by atoms with Crippen LogP contribution in [0.5, 0.6) is 0 Å². The fourth-order valence-corrected chi connectivity index (χ4v) is 0.476. The molecule has 0 bridgehead atoms. The first kappa shape index (κ1) is 11.2. The third-order valence-electron chi connectivity index (χ3n) is 0.864. The van der Waals surface area contributed by atoms with Crippen molar-refractivity contribution in [1.82, 2.24) is 5.43 Å². The lowest BCUT2D eigenvalue weighted by molar-refractivity contribution is 0.133. The highest BCUT2D eigenvalue weighted by Crippen LogP contribution is 1.91. The quantitative estimate of drug-likeness (QED) is 0.418. The van der Waals surface area contributed by atoms with E-state index < -0.39 is 6.09 Å². The molecule has 70 valence electrons. The lowest BCUT2D eigenvalue weighted by Gasteiger charge is -2.04. The molecule has 0 aliphatic heterocycles. The Morgan fingerprint density at radius 1 is 1.75 bits per heavy atom. The van der Waals surface area contributed by atoms with Crippen LogP contribution in [0.25, 0.3) is 0 Å². The summed E-state index contributed by atoms with van der Waals surface area (Å²) >= 11 is 5.27. The molecule has 0 aromatic heterocycles. The van der Waals surface area contributed by atoms with Gasteiger partial charge in [-0.3, -0.25) is 0 Å². The minimum atomic E-state index is -0.551. The van der Waals surface area contributed by atoms with E-state index in [1.165, 1.54) is 6.21 Å². The number of alkyl halides is 1. The van der Waals surface area contributed by atoms with Gasteiger partial charge in [-0.15, -0.1) is 11.6 Å². The predicted molar refractivity (Wildman–Crippen MR) is 48.5 cm³/mol. The molecule has 0 saturated carbocycles. The van der Waals surface area contributed by atoms with Crippen LogP contribution in [-0.4, -0.2) is 24.8 Å².